The zero-order chi connectivity index (χ0) is 5.82. The summed E-state index contributed by atoms with van der Waals surface area (Å²) in [5.74, 6) is 2.06. The molecule has 0 aromatic heterocycles. The molecule has 0 radical (unpaired) electrons. The summed E-state index contributed by atoms with van der Waals surface area (Å²) in [5, 5.41) is 0. The number of nitrogens with zero attached hydrogens (tertiary/aromatic N) is 1. The van der Waals surface area contributed by atoms with Crippen molar-refractivity contribution < 1.29 is 0 Å². The normalized spacial score (nSPS) is 11.9. The molecular weight excluding hydrogens is 168 g/mol. The Kier molecular flexibility index (Phi) is 25.3. The second-order valence-corrected chi connectivity index (χ2v) is 2.48. The molecule has 0 fully saturated rings. The van der Waals surface area contributed by atoms with Crippen molar-refractivity contribution >= 4 is 17.8 Å². The first kappa shape index (κ1) is 22.6. The van der Waals surface area contributed by atoms with Crippen LogP contribution in [-0.4, -0.2) is 11.7 Å². The van der Waals surface area contributed by atoms with Crippen LogP contribution in [0.25, 0.3) is 0 Å². The second kappa shape index (κ2) is 13.4. The van der Waals surface area contributed by atoms with Crippen molar-refractivity contribution in [2.45, 2.75) is 49.5 Å². The zero-order valence-corrected chi connectivity index (χ0v) is 5.79. The van der Waals surface area contributed by atoms with Gasteiger partial charge in [0.1, 0.15) is 11.7 Å². The quantitative estimate of drug-likeness (QED) is 0.673. The SMILES string of the molecule is C.C.C.C.CCCC1=NCSN1. The summed E-state index contributed by atoms with van der Waals surface area (Å²) in [5.41, 5.74) is 0. The predicted molar refractivity (Wildman–Crippen MR) is 64.9 cm³/mol. The molecule has 0 saturated carbocycles. The van der Waals surface area contributed by atoms with Gasteiger partial charge in [0.2, 0.25) is 0 Å². The van der Waals surface area contributed by atoms with Gasteiger partial charge in [-0.25, -0.2) is 0 Å². The minimum Gasteiger partial charge on any atom is -0.317 e. The van der Waals surface area contributed by atoms with Crippen LogP contribution >= 0.6 is 11.9 Å². The van der Waals surface area contributed by atoms with Gasteiger partial charge < -0.3 is 4.72 Å². The van der Waals surface area contributed by atoms with E-state index in [0.717, 1.165) is 18.1 Å². The van der Waals surface area contributed by atoms with Gasteiger partial charge in [0, 0.05) is 6.42 Å². The van der Waals surface area contributed by atoms with E-state index in [2.05, 4.69) is 16.6 Å². The fourth-order valence-corrected chi connectivity index (χ4v) is 1.24. The molecule has 2 nitrogen and oxygen atoms in total. The molecule has 3 heteroatoms. The van der Waals surface area contributed by atoms with E-state index in [1.165, 1.54) is 6.42 Å². The second-order valence-electron chi connectivity index (χ2n) is 1.73. The van der Waals surface area contributed by atoms with Gasteiger partial charge in [-0.05, 0) is 18.4 Å². The number of hydrogen-bond donors (Lipinski definition) is 1. The molecule has 0 atom stereocenters. The Labute approximate surface area is 83.4 Å². The number of nitrogens with one attached hydrogen (secondary N) is 1. The molecule has 0 unspecified atom stereocenters. The van der Waals surface area contributed by atoms with Crippen LogP contribution in [0.4, 0.5) is 0 Å². The summed E-state index contributed by atoms with van der Waals surface area (Å²) in [6.45, 7) is 2.16. The summed E-state index contributed by atoms with van der Waals surface area (Å²) in [6.07, 6.45) is 2.29. The van der Waals surface area contributed by atoms with Crippen molar-refractivity contribution in [3.05, 3.63) is 0 Å². The molecule has 1 aliphatic rings. The van der Waals surface area contributed by atoms with Gasteiger partial charge in [-0.3, -0.25) is 4.99 Å². The Balaban J connectivity index is -0.0000000800. The van der Waals surface area contributed by atoms with E-state index in [0.29, 0.717) is 0 Å². The lowest BCUT2D eigenvalue weighted by molar-refractivity contribution is 0.976. The van der Waals surface area contributed by atoms with Crippen LogP contribution in [0.1, 0.15) is 49.5 Å². The summed E-state index contributed by atoms with van der Waals surface area (Å²) in [6, 6.07) is 0. The highest BCUT2D eigenvalue weighted by Gasteiger charge is 2.01. The van der Waals surface area contributed by atoms with E-state index >= 15 is 0 Å². The fraction of sp³-hybridized carbons (Fsp3) is 0.889. The van der Waals surface area contributed by atoms with Crippen molar-refractivity contribution in [2.24, 2.45) is 4.99 Å². The highest BCUT2D eigenvalue weighted by Crippen LogP contribution is 2.05. The van der Waals surface area contributed by atoms with Crippen LogP contribution in [0.15, 0.2) is 4.99 Å². The number of hydrogen-bond acceptors (Lipinski definition) is 3. The molecule has 1 heterocycles. The van der Waals surface area contributed by atoms with Gasteiger partial charge in [0.05, 0.1) is 0 Å². The summed E-state index contributed by atoms with van der Waals surface area (Å²) < 4.78 is 3.12. The number of rotatable bonds is 2. The molecule has 0 aromatic carbocycles. The number of amidine groups is 1. The molecule has 1 N–H and O–H groups in total. The third kappa shape index (κ3) is 7.92. The van der Waals surface area contributed by atoms with Gasteiger partial charge in [0.25, 0.3) is 0 Å². The molecule has 0 aromatic rings. The molecule has 0 bridgehead atoms. The van der Waals surface area contributed by atoms with Gasteiger partial charge in [-0.1, -0.05) is 36.6 Å². The van der Waals surface area contributed by atoms with Gasteiger partial charge >= 0.3 is 0 Å². The van der Waals surface area contributed by atoms with Crippen LogP contribution < -0.4 is 4.72 Å². The lowest BCUT2D eigenvalue weighted by Crippen LogP contribution is -2.09. The van der Waals surface area contributed by atoms with Crippen LogP contribution in [0, 0.1) is 0 Å². The lowest BCUT2D eigenvalue weighted by atomic mass is 10.3. The molecular formula is C9H26N2S. The van der Waals surface area contributed by atoms with Crippen LogP contribution in [0.5, 0.6) is 0 Å². The average Bonchev–Trinajstić information content (AvgIpc) is 2.19. The fourth-order valence-electron chi connectivity index (χ4n) is 0.625. The minimum absolute atomic E-state index is 0. The van der Waals surface area contributed by atoms with Crippen molar-refractivity contribution in [3.63, 3.8) is 0 Å². The van der Waals surface area contributed by atoms with Gasteiger partial charge in [0.15, 0.2) is 0 Å². The zero-order valence-electron chi connectivity index (χ0n) is 4.98. The third-order valence-corrected chi connectivity index (χ3v) is 1.63. The molecule has 0 saturated heterocycles. The van der Waals surface area contributed by atoms with E-state index in [4.69, 9.17) is 0 Å². The van der Waals surface area contributed by atoms with Crippen molar-refractivity contribution in [3.8, 4) is 0 Å². The van der Waals surface area contributed by atoms with Crippen LogP contribution in [0.3, 0.4) is 0 Å². The summed E-state index contributed by atoms with van der Waals surface area (Å²) >= 11 is 1.67. The topological polar surface area (TPSA) is 24.4 Å². The molecule has 0 aliphatic carbocycles. The maximum atomic E-state index is 4.19. The predicted octanol–water partition coefficient (Wildman–Crippen LogP) is 3.94. The van der Waals surface area contributed by atoms with Crippen LogP contribution in [0.2, 0.25) is 0 Å². The molecule has 0 spiro atoms. The van der Waals surface area contributed by atoms with Gasteiger partial charge in [-0.15, -0.1) is 0 Å². The highest BCUT2D eigenvalue weighted by atomic mass is 32.2. The first-order valence-electron chi connectivity index (χ1n) is 2.84. The van der Waals surface area contributed by atoms with Crippen molar-refractivity contribution in [1.82, 2.24) is 4.72 Å². The van der Waals surface area contributed by atoms with Crippen molar-refractivity contribution in [2.75, 3.05) is 5.88 Å². The Morgan fingerprint density at radius 2 is 1.92 bits per heavy atom. The smallest absolute Gasteiger partial charge is 0.107 e. The van der Waals surface area contributed by atoms with Gasteiger partial charge in [-0.2, -0.15) is 0 Å². The first-order chi connectivity index (χ1) is 3.93. The Morgan fingerprint density at radius 3 is 2.25 bits per heavy atom. The average molecular weight is 194 g/mol. The standard InChI is InChI=1S/C5H10N2S.4CH4/c1-2-3-5-6-4-8-7-5;;;;/h2-4H2,1H3,(H,6,7);4*1H4. The molecule has 78 valence electrons. The Morgan fingerprint density at radius 1 is 1.33 bits per heavy atom. The van der Waals surface area contributed by atoms with Crippen LogP contribution in [-0.2, 0) is 0 Å². The van der Waals surface area contributed by atoms with E-state index < -0.39 is 0 Å². The Bertz CT molecular complexity index is 103. The first-order valence-corrected chi connectivity index (χ1v) is 3.83. The summed E-state index contributed by atoms with van der Waals surface area (Å²) in [7, 11) is 0. The lowest BCUT2D eigenvalue weighted by Gasteiger charge is -1.94. The Hall–Kier alpha value is -0.180. The van der Waals surface area contributed by atoms with Crippen molar-refractivity contribution in [1.29, 1.82) is 0 Å². The highest BCUT2D eigenvalue weighted by molar-refractivity contribution is 7.98. The summed E-state index contributed by atoms with van der Waals surface area (Å²) in [4.78, 5) is 4.19. The maximum absolute atomic E-state index is 4.19. The van der Waals surface area contributed by atoms with E-state index in [1.807, 2.05) is 0 Å². The molecule has 0 amide bonds. The third-order valence-electron chi connectivity index (χ3n) is 0.997. The molecule has 1 rings (SSSR count). The minimum atomic E-state index is 0. The number of aliphatic imine (C=N–C) groups is 1. The van der Waals surface area contributed by atoms with E-state index in [-0.39, 0.29) is 29.7 Å². The van der Waals surface area contributed by atoms with E-state index in [9.17, 15) is 0 Å². The molecule has 1 aliphatic heterocycles. The largest absolute Gasteiger partial charge is 0.317 e. The molecule has 12 heavy (non-hydrogen) atoms. The monoisotopic (exact) mass is 194 g/mol. The maximum Gasteiger partial charge on any atom is 0.107 e. The van der Waals surface area contributed by atoms with E-state index in [1.54, 1.807) is 11.9 Å².